The molecular formula is C24H22Br2. The van der Waals surface area contributed by atoms with E-state index in [1.807, 2.05) is 0 Å². The first-order valence-corrected chi connectivity index (χ1v) is 11.5. The lowest BCUT2D eigenvalue weighted by Gasteiger charge is -2.57. The average Bonchev–Trinajstić information content (AvgIpc) is 2.65. The van der Waals surface area contributed by atoms with Gasteiger partial charge >= 0.3 is 0 Å². The van der Waals surface area contributed by atoms with E-state index in [-0.39, 0.29) is 0 Å². The van der Waals surface area contributed by atoms with E-state index < -0.39 is 0 Å². The third-order valence-corrected chi connectivity index (χ3v) is 9.25. The molecule has 4 aliphatic carbocycles. The van der Waals surface area contributed by atoms with Gasteiger partial charge in [-0.05, 0) is 127 Å². The molecule has 4 saturated carbocycles. The highest BCUT2D eigenvalue weighted by molar-refractivity contribution is 9.11. The van der Waals surface area contributed by atoms with Gasteiger partial charge in [0.2, 0.25) is 0 Å². The lowest BCUT2D eigenvalue weighted by molar-refractivity contribution is -0.00513. The number of hydrogen-bond acceptors (Lipinski definition) is 0. The summed E-state index contributed by atoms with van der Waals surface area (Å²) in [5.41, 5.74) is 2.06. The molecule has 7 rings (SSSR count). The smallest absolute Gasteiger partial charge is 0.0333 e. The zero-order valence-electron chi connectivity index (χ0n) is 14.8. The summed E-state index contributed by atoms with van der Waals surface area (Å²) >= 11 is 7.82. The van der Waals surface area contributed by atoms with Crippen LogP contribution < -0.4 is 0 Å². The predicted molar refractivity (Wildman–Crippen MR) is 117 cm³/mol. The van der Waals surface area contributed by atoms with Crippen molar-refractivity contribution >= 4 is 53.4 Å². The summed E-state index contributed by atoms with van der Waals surface area (Å²) in [6.07, 6.45) is 8.80. The van der Waals surface area contributed by atoms with Crippen molar-refractivity contribution < 1.29 is 0 Å². The van der Waals surface area contributed by atoms with E-state index in [2.05, 4.69) is 74.3 Å². The van der Waals surface area contributed by atoms with Crippen LogP contribution in [0.5, 0.6) is 0 Å². The molecule has 0 aromatic heterocycles. The topological polar surface area (TPSA) is 0 Å². The van der Waals surface area contributed by atoms with Gasteiger partial charge in [-0.25, -0.2) is 0 Å². The lowest BCUT2D eigenvalue weighted by Crippen LogP contribution is -2.48. The molecule has 3 aromatic carbocycles. The monoisotopic (exact) mass is 468 g/mol. The Balaban J connectivity index is 1.58. The Bertz CT molecular complexity index is 1010. The van der Waals surface area contributed by atoms with Crippen LogP contribution in [-0.2, 0) is 5.41 Å². The maximum atomic E-state index is 3.94. The summed E-state index contributed by atoms with van der Waals surface area (Å²) in [6, 6.07) is 16.0. The molecule has 0 aliphatic heterocycles. The second-order valence-corrected chi connectivity index (χ2v) is 10.7. The maximum Gasteiger partial charge on any atom is 0.0333 e. The minimum absolute atomic E-state index is 0.459. The van der Waals surface area contributed by atoms with Crippen LogP contribution in [0.1, 0.15) is 44.1 Å². The molecule has 3 aromatic rings. The van der Waals surface area contributed by atoms with Crippen LogP contribution in [-0.4, -0.2) is 0 Å². The normalized spacial score (nSPS) is 32.6. The van der Waals surface area contributed by atoms with Crippen molar-refractivity contribution in [2.24, 2.45) is 17.8 Å². The number of halogens is 2. The molecule has 0 heterocycles. The molecule has 0 spiro atoms. The van der Waals surface area contributed by atoms with Crippen LogP contribution in [0.2, 0.25) is 0 Å². The summed E-state index contributed by atoms with van der Waals surface area (Å²) in [7, 11) is 0. The summed E-state index contributed by atoms with van der Waals surface area (Å²) in [5, 5.41) is 5.27. The fraction of sp³-hybridized carbons (Fsp3) is 0.417. The lowest BCUT2D eigenvalue weighted by atomic mass is 9.48. The Kier molecular flexibility index (Phi) is 3.46. The maximum absolute atomic E-state index is 3.94. The van der Waals surface area contributed by atoms with Gasteiger partial charge in [-0.2, -0.15) is 0 Å². The van der Waals surface area contributed by atoms with Crippen molar-refractivity contribution in [3.63, 3.8) is 0 Å². The van der Waals surface area contributed by atoms with Crippen LogP contribution in [0.25, 0.3) is 21.5 Å². The van der Waals surface area contributed by atoms with Gasteiger partial charge in [-0.3, -0.25) is 0 Å². The number of fused-ring (bicyclic) bond motifs is 2. The predicted octanol–water partition coefficient (Wildman–Crippen LogP) is 7.99. The number of benzene rings is 3. The van der Waals surface area contributed by atoms with E-state index in [0.29, 0.717) is 5.41 Å². The fourth-order valence-corrected chi connectivity index (χ4v) is 8.23. The second-order valence-electron chi connectivity index (χ2n) is 9.13. The Labute approximate surface area is 171 Å². The molecule has 0 unspecified atom stereocenters. The van der Waals surface area contributed by atoms with E-state index in [9.17, 15) is 0 Å². The van der Waals surface area contributed by atoms with E-state index in [1.54, 1.807) is 5.56 Å². The van der Waals surface area contributed by atoms with Crippen molar-refractivity contribution in [3.05, 3.63) is 57.0 Å². The molecule has 0 radical (unpaired) electrons. The van der Waals surface area contributed by atoms with Gasteiger partial charge in [0.05, 0.1) is 0 Å². The SMILES string of the molecule is Brc1c2ccccc2c(Br)c2cc(C34CC5CC(CC(C5)C3)C4)ccc12. The Morgan fingerprint density at radius 1 is 0.654 bits per heavy atom. The van der Waals surface area contributed by atoms with Crippen molar-refractivity contribution in [1.29, 1.82) is 0 Å². The van der Waals surface area contributed by atoms with E-state index in [0.717, 1.165) is 17.8 Å². The first kappa shape index (κ1) is 16.1. The second kappa shape index (κ2) is 5.58. The van der Waals surface area contributed by atoms with E-state index in [1.165, 1.54) is 69.0 Å². The van der Waals surface area contributed by atoms with Gasteiger partial charge in [0.25, 0.3) is 0 Å². The molecule has 0 atom stereocenters. The molecule has 4 bridgehead atoms. The highest BCUT2D eigenvalue weighted by atomic mass is 79.9. The quantitative estimate of drug-likeness (QED) is 0.317. The minimum atomic E-state index is 0.459. The van der Waals surface area contributed by atoms with Crippen LogP contribution in [0.4, 0.5) is 0 Å². The Morgan fingerprint density at radius 2 is 1.15 bits per heavy atom. The average molecular weight is 470 g/mol. The van der Waals surface area contributed by atoms with Crippen molar-refractivity contribution in [2.45, 2.75) is 43.9 Å². The zero-order valence-corrected chi connectivity index (χ0v) is 17.9. The summed E-state index contributed by atoms with van der Waals surface area (Å²) in [5.74, 6) is 2.97. The standard InChI is InChI=1S/C24H22Br2/c25-22-18-3-1-2-4-19(18)23(26)21-10-17(5-6-20(21)22)24-11-14-7-15(12-24)9-16(8-14)13-24/h1-6,10,14-16H,7-9,11-13H2. The van der Waals surface area contributed by atoms with E-state index >= 15 is 0 Å². The van der Waals surface area contributed by atoms with Gasteiger partial charge in [0.1, 0.15) is 0 Å². The molecule has 0 nitrogen and oxygen atoms in total. The minimum Gasteiger partial charge on any atom is -0.0616 e. The molecular weight excluding hydrogens is 448 g/mol. The molecule has 0 N–H and O–H groups in total. The first-order valence-electron chi connectivity index (χ1n) is 9.93. The van der Waals surface area contributed by atoms with Gasteiger partial charge in [-0.15, -0.1) is 0 Å². The highest BCUT2D eigenvalue weighted by Gasteiger charge is 2.51. The van der Waals surface area contributed by atoms with Gasteiger partial charge in [-0.1, -0.05) is 36.4 Å². The molecule has 132 valence electrons. The molecule has 2 heteroatoms. The van der Waals surface area contributed by atoms with Crippen molar-refractivity contribution in [1.82, 2.24) is 0 Å². The van der Waals surface area contributed by atoms with Crippen LogP contribution in [0.15, 0.2) is 51.4 Å². The van der Waals surface area contributed by atoms with Crippen LogP contribution >= 0.6 is 31.9 Å². The Morgan fingerprint density at radius 3 is 1.73 bits per heavy atom. The summed E-state index contributed by atoms with van der Waals surface area (Å²) in [6.45, 7) is 0. The Hall–Kier alpha value is -0.860. The van der Waals surface area contributed by atoms with E-state index in [4.69, 9.17) is 0 Å². The highest BCUT2D eigenvalue weighted by Crippen LogP contribution is 2.61. The van der Waals surface area contributed by atoms with Gasteiger partial charge in [0.15, 0.2) is 0 Å². The number of rotatable bonds is 1. The van der Waals surface area contributed by atoms with Gasteiger partial charge < -0.3 is 0 Å². The van der Waals surface area contributed by atoms with Crippen LogP contribution in [0, 0.1) is 17.8 Å². The van der Waals surface area contributed by atoms with Crippen LogP contribution in [0.3, 0.4) is 0 Å². The zero-order chi connectivity index (χ0) is 17.5. The summed E-state index contributed by atoms with van der Waals surface area (Å²) in [4.78, 5) is 0. The molecule has 0 amide bonds. The number of hydrogen-bond donors (Lipinski definition) is 0. The molecule has 26 heavy (non-hydrogen) atoms. The third kappa shape index (κ3) is 2.18. The first-order chi connectivity index (χ1) is 12.6. The van der Waals surface area contributed by atoms with Crippen molar-refractivity contribution in [2.75, 3.05) is 0 Å². The van der Waals surface area contributed by atoms with Gasteiger partial charge in [0, 0.05) is 8.95 Å². The third-order valence-electron chi connectivity index (χ3n) is 7.54. The van der Waals surface area contributed by atoms with Crippen molar-refractivity contribution in [3.8, 4) is 0 Å². The summed E-state index contributed by atoms with van der Waals surface area (Å²) < 4.78 is 2.47. The largest absolute Gasteiger partial charge is 0.0616 e. The molecule has 0 saturated heterocycles. The molecule has 4 aliphatic rings. The fourth-order valence-electron chi connectivity index (χ4n) is 6.87. The molecule has 4 fully saturated rings.